The fourth-order valence-corrected chi connectivity index (χ4v) is 2.17. The molecule has 1 aromatic rings. The lowest BCUT2D eigenvalue weighted by atomic mass is 10.2. The molecule has 1 aromatic carbocycles. The third kappa shape index (κ3) is 10.0. The smallest absolute Gasteiger partial charge is 0.342 e. The second-order valence-electron chi connectivity index (χ2n) is 5.58. The van der Waals surface area contributed by atoms with E-state index in [1.165, 1.54) is 0 Å². The summed E-state index contributed by atoms with van der Waals surface area (Å²) in [6.45, 7) is 4.95. The Balaban J connectivity index is 2.26. The van der Waals surface area contributed by atoms with Gasteiger partial charge in [-0.2, -0.15) is 0 Å². The van der Waals surface area contributed by atoms with Crippen LogP contribution in [0, 0.1) is 0 Å². The van der Waals surface area contributed by atoms with E-state index < -0.39 is 11.9 Å². The van der Waals surface area contributed by atoms with E-state index in [-0.39, 0.29) is 12.6 Å². The maximum atomic E-state index is 11.8. The number of carbonyl (C=O) groups is 3. The molecule has 0 heterocycles. The summed E-state index contributed by atoms with van der Waals surface area (Å²) in [7, 11) is 0. The molecular formula is C20H27NO6. The van der Waals surface area contributed by atoms with Crippen LogP contribution in [-0.2, 0) is 23.8 Å². The van der Waals surface area contributed by atoms with Gasteiger partial charge in [0.1, 0.15) is 6.26 Å². The second kappa shape index (κ2) is 13.4. The molecule has 0 aliphatic carbocycles. The highest BCUT2D eigenvalue weighted by molar-refractivity contribution is 5.90. The van der Waals surface area contributed by atoms with E-state index in [0.29, 0.717) is 18.6 Å². The lowest BCUT2D eigenvalue weighted by Crippen LogP contribution is -2.05. The van der Waals surface area contributed by atoms with Crippen molar-refractivity contribution in [1.82, 2.24) is 0 Å². The normalized spacial score (nSPS) is 10.4. The van der Waals surface area contributed by atoms with Crippen molar-refractivity contribution in [3.05, 3.63) is 42.2 Å². The summed E-state index contributed by atoms with van der Waals surface area (Å²) >= 11 is 0. The van der Waals surface area contributed by atoms with Crippen LogP contribution in [0.4, 0.5) is 5.69 Å². The molecule has 0 aliphatic rings. The van der Waals surface area contributed by atoms with Crippen molar-refractivity contribution in [2.75, 3.05) is 25.1 Å². The number of anilines is 1. The van der Waals surface area contributed by atoms with Gasteiger partial charge in [-0.1, -0.05) is 6.42 Å². The van der Waals surface area contributed by atoms with Crippen molar-refractivity contribution in [3.8, 4) is 0 Å². The molecule has 0 amide bonds. The minimum absolute atomic E-state index is 0.148. The predicted molar refractivity (Wildman–Crippen MR) is 101 cm³/mol. The number of unbranched alkanes of at least 4 members (excludes halogenated alkanes) is 2. The highest BCUT2D eigenvalue weighted by Gasteiger charge is 2.06. The molecule has 0 saturated carbocycles. The molecule has 0 saturated heterocycles. The van der Waals surface area contributed by atoms with Crippen LogP contribution in [-0.4, -0.2) is 37.7 Å². The fraction of sp³-hybridized carbons (Fsp3) is 0.450. The molecule has 1 N–H and O–H groups in total. The van der Waals surface area contributed by atoms with E-state index in [1.54, 1.807) is 38.1 Å². The van der Waals surface area contributed by atoms with Gasteiger partial charge in [-0.3, -0.25) is 4.79 Å². The molecule has 7 heteroatoms. The number of ether oxygens (including phenoxy) is 3. The Morgan fingerprint density at radius 2 is 1.67 bits per heavy atom. The van der Waals surface area contributed by atoms with Crippen LogP contribution >= 0.6 is 0 Å². The lowest BCUT2D eigenvalue weighted by Gasteiger charge is -2.07. The molecule has 0 atom stereocenters. The predicted octanol–water partition coefficient (Wildman–Crippen LogP) is 3.46. The molecule has 27 heavy (non-hydrogen) atoms. The molecular weight excluding hydrogens is 350 g/mol. The summed E-state index contributed by atoms with van der Waals surface area (Å²) in [5, 5.41) is 3.25. The number of hydrogen-bond donors (Lipinski definition) is 1. The number of benzene rings is 1. The summed E-state index contributed by atoms with van der Waals surface area (Å²) < 4.78 is 14.4. The molecule has 148 valence electrons. The zero-order valence-electron chi connectivity index (χ0n) is 15.9. The molecule has 0 unspecified atom stereocenters. The fourth-order valence-electron chi connectivity index (χ4n) is 2.17. The Kier molecular flexibility index (Phi) is 11.0. The maximum absolute atomic E-state index is 11.8. The highest BCUT2D eigenvalue weighted by atomic mass is 16.5. The Morgan fingerprint density at radius 3 is 2.33 bits per heavy atom. The van der Waals surface area contributed by atoms with E-state index in [2.05, 4.69) is 10.1 Å². The van der Waals surface area contributed by atoms with Crippen molar-refractivity contribution in [2.45, 2.75) is 39.5 Å². The van der Waals surface area contributed by atoms with Gasteiger partial charge in [-0.05, 0) is 51.0 Å². The zero-order chi connectivity index (χ0) is 19.9. The Morgan fingerprint density at radius 1 is 0.963 bits per heavy atom. The highest BCUT2D eigenvalue weighted by Crippen LogP contribution is 2.11. The van der Waals surface area contributed by atoms with Crippen LogP contribution in [0.25, 0.3) is 0 Å². The van der Waals surface area contributed by atoms with E-state index >= 15 is 0 Å². The summed E-state index contributed by atoms with van der Waals surface area (Å²) in [5.74, 6) is -1.27. The van der Waals surface area contributed by atoms with Crippen LogP contribution in [0.1, 0.15) is 49.9 Å². The first-order valence-corrected chi connectivity index (χ1v) is 9.10. The maximum Gasteiger partial charge on any atom is 0.342 e. The number of carbonyl (C=O) groups excluding carboxylic acids is 3. The second-order valence-corrected chi connectivity index (χ2v) is 5.58. The van der Waals surface area contributed by atoms with Gasteiger partial charge < -0.3 is 19.5 Å². The van der Waals surface area contributed by atoms with E-state index in [0.717, 1.165) is 43.8 Å². The van der Waals surface area contributed by atoms with E-state index in [9.17, 15) is 14.4 Å². The standard InChI is InChI=1S/C20H27NO6/c1-3-25-18(22)8-6-5-7-14-21-17-11-9-16(10-12-17)20(24)27-15-13-19(23)26-4-2/h9-13,15,21H,3-8,14H2,1-2H3/b15-13+. The van der Waals surface area contributed by atoms with Crippen molar-refractivity contribution in [3.63, 3.8) is 0 Å². The molecule has 7 nitrogen and oxygen atoms in total. The molecule has 0 fully saturated rings. The molecule has 0 radical (unpaired) electrons. The van der Waals surface area contributed by atoms with Gasteiger partial charge >= 0.3 is 17.9 Å². The summed E-state index contributed by atoms with van der Waals surface area (Å²) in [6, 6.07) is 6.85. The monoisotopic (exact) mass is 377 g/mol. The zero-order valence-corrected chi connectivity index (χ0v) is 15.9. The van der Waals surface area contributed by atoms with E-state index in [1.807, 2.05) is 0 Å². The third-order valence-corrected chi connectivity index (χ3v) is 3.48. The summed E-state index contributed by atoms with van der Waals surface area (Å²) in [4.78, 5) is 34.2. The molecule has 0 bridgehead atoms. The van der Waals surface area contributed by atoms with Crippen LogP contribution < -0.4 is 5.32 Å². The lowest BCUT2D eigenvalue weighted by molar-refractivity contribution is -0.143. The van der Waals surface area contributed by atoms with Gasteiger partial charge in [-0.15, -0.1) is 0 Å². The summed E-state index contributed by atoms with van der Waals surface area (Å²) in [5.41, 5.74) is 1.27. The number of nitrogens with one attached hydrogen (secondary N) is 1. The largest absolute Gasteiger partial charge is 0.466 e. The van der Waals surface area contributed by atoms with Gasteiger partial charge in [0.05, 0.1) is 24.9 Å². The quantitative estimate of drug-likeness (QED) is 0.196. The molecule has 1 rings (SSSR count). The first-order chi connectivity index (χ1) is 13.1. The van der Waals surface area contributed by atoms with Crippen molar-refractivity contribution in [1.29, 1.82) is 0 Å². The van der Waals surface area contributed by atoms with Crippen molar-refractivity contribution < 1.29 is 28.6 Å². The van der Waals surface area contributed by atoms with Gasteiger partial charge in [0, 0.05) is 18.7 Å². The van der Waals surface area contributed by atoms with Gasteiger partial charge in [0.25, 0.3) is 0 Å². The number of rotatable bonds is 12. The van der Waals surface area contributed by atoms with Crippen LogP contribution in [0.3, 0.4) is 0 Å². The Labute approximate surface area is 159 Å². The molecule has 0 aromatic heterocycles. The first kappa shape index (κ1) is 22.2. The molecule has 0 aliphatic heterocycles. The van der Waals surface area contributed by atoms with Gasteiger partial charge in [0.15, 0.2) is 0 Å². The minimum atomic E-state index is -0.563. The van der Waals surface area contributed by atoms with Crippen LogP contribution in [0.15, 0.2) is 36.6 Å². The Bertz CT molecular complexity index is 624. The van der Waals surface area contributed by atoms with Crippen LogP contribution in [0.2, 0.25) is 0 Å². The van der Waals surface area contributed by atoms with Crippen molar-refractivity contribution >= 4 is 23.6 Å². The average Bonchev–Trinajstić information content (AvgIpc) is 2.65. The SMILES string of the molecule is CCOC(=O)/C=C/OC(=O)c1ccc(NCCCCCC(=O)OCC)cc1. The first-order valence-electron chi connectivity index (χ1n) is 9.10. The number of hydrogen-bond acceptors (Lipinski definition) is 7. The van der Waals surface area contributed by atoms with Gasteiger partial charge in [0.2, 0.25) is 0 Å². The van der Waals surface area contributed by atoms with Crippen LogP contribution in [0.5, 0.6) is 0 Å². The Hall–Kier alpha value is -2.83. The average molecular weight is 377 g/mol. The third-order valence-electron chi connectivity index (χ3n) is 3.48. The topological polar surface area (TPSA) is 90.9 Å². The number of esters is 3. The minimum Gasteiger partial charge on any atom is -0.466 e. The van der Waals surface area contributed by atoms with E-state index in [4.69, 9.17) is 9.47 Å². The summed E-state index contributed by atoms with van der Waals surface area (Å²) in [6.07, 6.45) is 5.20. The van der Waals surface area contributed by atoms with Crippen molar-refractivity contribution in [2.24, 2.45) is 0 Å². The van der Waals surface area contributed by atoms with Gasteiger partial charge in [-0.25, -0.2) is 9.59 Å². The molecule has 0 spiro atoms.